The van der Waals surface area contributed by atoms with Gasteiger partial charge in [0, 0.05) is 13.3 Å². The Kier molecular flexibility index (Phi) is 7.59. The van der Waals surface area contributed by atoms with E-state index in [0.29, 0.717) is 5.56 Å². The smallest absolute Gasteiger partial charge is 0.410 e. The number of hydrogen-bond donors (Lipinski definition) is 1. The summed E-state index contributed by atoms with van der Waals surface area (Å²) in [6, 6.07) is 10.7. The number of sulfone groups is 1. The molecule has 32 heavy (non-hydrogen) atoms. The Hall–Kier alpha value is -2.63. The first-order chi connectivity index (χ1) is 14.6. The van der Waals surface area contributed by atoms with Gasteiger partial charge in [0.25, 0.3) is 0 Å². The fourth-order valence-corrected chi connectivity index (χ4v) is 5.19. The first kappa shape index (κ1) is 25.6. The lowest BCUT2D eigenvalue weighted by Crippen LogP contribution is -2.36. The van der Waals surface area contributed by atoms with Gasteiger partial charge in [-0.15, -0.1) is 0 Å². The number of aliphatic hydroxyl groups excluding tert-OH is 1. The van der Waals surface area contributed by atoms with Crippen molar-refractivity contribution in [2.45, 2.75) is 42.3 Å². The van der Waals surface area contributed by atoms with Crippen LogP contribution in [0.1, 0.15) is 32.4 Å². The predicted molar refractivity (Wildman–Crippen MR) is 118 cm³/mol. The van der Waals surface area contributed by atoms with Gasteiger partial charge in [-0.1, -0.05) is 24.3 Å². The van der Waals surface area contributed by atoms with Crippen LogP contribution in [0.2, 0.25) is 0 Å². The summed E-state index contributed by atoms with van der Waals surface area (Å²) in [6.45, 7) is 5.15. The molecule has 0 radical (unpaired) electrons. The molecule has 0 saturated heterocycles. The van der Waals surface area contributed by atoms with Gasteiger partial charge in [-0.2, -0.15) is 8.42 Å². The molecule has 0 aromatic heterocycles. The van der Waals surface area contributed by atoms with Crippen LogP contribution >= 0.6 is 0 Å². The van der Waals surface area contributed by atoms with Gasteiger partial charge < -0.3 is 18.9 Å². The number of hydrogen-bond acceptors (Lipinski definition) is 8. The average molecular weight is 486 g/mol. The zero-order valence-electron chi connectivity index (χ0n) is 18.5. The van der Waals surface area contributed by atoms with E-state index in [1.54, 1.807) is 20.8 Å². The topological polar surface area (TPSA) is 127 Å². The summed E-state index contributed by atoms with van der Waals surface area (Å²) < 4.78 is 59.4. The third kappa shape index (κ3) is 6.94. The zero-order chi connectivity index (χ0) is 24.3. The summed E-state index contributed by atoms with van der Waals surface area (Å²) in [7, 11) is -6.72. The Labute approximate surface area is 188 Å². The lowest BCUT2D eigenvalue weighted by molar-refractivity contribution is 0.0205. The quantitative estimate of drug-likeness (QED) is 0.593. The normalized spacial score (nSPS) is 13.3. The van der Waals surface area contributed by atoms with Gasteiger partial charge in [0.2, 0.25) is 0 Å². The molecule has 0 aliphatic carbocycles. The number of benzene rings is 2. The molecule has 2 rings (SSSR count). The van der Waals surface area contributed by atoms with Gasteiger partial charge in [-0.3, -0.25) is 0 Å². The van der Waals surface area contributed by atoms with Crippen LogP contribution in [0.25, 0.3) is 0 Å². The molecule has 0 aliphatic heterocycles. The van der Waals surface area contributed by atoms with Crippen molar-refractivity contribution in [3.8, 4) is 5.75 Å². The van der Waals surface area contributed by atoms with Crippen molar-refractivity contribution in [1.29, 1.82) is 0 Å². The Morgan fingerprint density at radius 3 is 2.03 bits per heavy atom. The van der Waals surface area contributed by atoms with Crippen molar-refractivity contribution in [1.82, 2.24) is 4.90 Å². The molecule has 1 N–H and O–H groups in total. The lowest BCUT2D eigenvalue weighted by atomic mass is 10.1. The van der Waals surface area contributed by atoms with Crippen LogP contribution in [0.4, 0.5) is 4.79 Å². The molecule has 2 aromatic carbocycles. The standard InChI is InChI=1S/C21H27NO8S2/c1-21(2,3)29-20(24)22(4)14-17(23)15-10-12-16(13-11-15)30-32(27,28)19-9-7-6-8-18(19)31(5,25)26/h6-13,17,23H,14H2,1-5H3. The van der Waals surface area contributed by atoms with Crippen molar-refractivity contribution in [3.63, 3.8) is 0 Å². The predicted octanol–water partition coefficient (Wildman–Crippen LogP) is 2.76. The van der Waals surface area contributed by atoms with Crippen LogP contribution in [-0.4, -0.2) is 58.4 Å². The van der Waals surface area contributed by atoms with Gasteiger partial charge in [0.1, 0.15) is 16.2 Å². The molecular weight excluding hydrogens is 458 g/mol. The minimum Gasteiger partial charge on any atom is -0.444 e. The zero-order valence-corrected chi connectivity index (χ0v) is 20.1. The summed E-state index contributed by atoms with van der Waals surface area (Å²) in [5.74, 6) is -0.0650. The molecule has 0 spiro atoms. The van der Waals surface area contributed by atoms with Crippen LogP contribution in [0.5, 0.6) is 5.75 Å². The summed E-state index contributed by atoms with van der Waals surface area (Å²) in [5, 5.41) is 10.4. The Morgan fingerprint density at radius 1 is 1.00 bits per heavy atom. The van der Waals surface area contributed by atoms with Gasteiger partial charge in [0.05, 0.1) is 17.5 Å². The number of nitrogens with zero attached hydrogens (tertiary/aromatic N) is 1. The van der Waals surface area contributed by atoms with E-state index in [1.807, 2.05) is 0 Å². The number of carbonyl (C=O) groups is 1. The van der Waals surface area contributed by atoms with E-state index in [-0.39, 0.29) is 17.2 Å². The van der Waals surface area contributed by atoms with Crippen molar-refractivity contribution in [3.05, 3.63) is 54.1 Å². The maximum absolute atomic E-state index is 12.6. The molecule has 9 nitrogen and oxygen atoms in total. The van der Waals surface area contributed by atoms with Crippen LogP contribution in [0.3, 0.4) is 0 Å². The van der Waals surface area contributed by atoms with E-state index >= 15 is 0 Å². The van der Waals surface area contributed by atoms with Gasteiger partial charge in [0.15, 0.2) is 9.84 Å². The highest BCUT2D eigenvalue weighted by atomic mass is 32.2. The Bertz CT molecular complexity index is 1170. The minimum absolute atomic E-state index is 0.0465. The monoisotopic (exact) mass is 485 g/mol. The molecule has 0 saturated carbocycles. The van der Waals surface area contributed by atoms with Crippen LogP contribution in [0, 0.1) is 0 Å². The molecular formula is C21H27NO8S2. The molecule has 0 aliphatic rings. The van der Waals surface area contributed by atoms with Crippen molar-refractivity contribution in [2.24, 2.45) is 0 Å². The Balaban J connectivity index is 2.14. The fourth-order valence-electron chi connectivity index (χ4n) is 2.66. The second kappa shape index (κ2) is 9.47. The average Bonchev–Trinajstić information content (AvgIpc) is 2.66. The Morgan fingerprint density at radius 2 is 1.53 bits per heavy atom. The highest BCUT2D eigenvalue weighted by Gasteiger charge is 2.26. The molecule has 2 aromatic rings. The molecule has 0 fully saturated rings. The highest BCUT2D eigenvalue weighted by molar-refractivity contribution is 7.92. The van der Waals surface area contributed by atoms with E-state index in [0.717, 1.165) is 12.3 Å². The molecule has 11 heteroatoms. The summed E-state index contributed by atoms with van der Waals surface area (Å²) in [5.41, 5.74) is -0.252. The summed E-state index contributed by atoms with van der Waals surface area (Å²) in [4.78, 5) is 12.4. The van der Waals surface area contributed by atoms with E-state index in [9.17, 15) is 26.7 Å². The second-order valence-corrected chi connectivity index (χ2v) is 11.7. The third-order valence-corrected chi connectivity index (χ3v) is 6.73. The van der Waals surface area contributed by atoms with Crippen molar-refractivity contribution >= 4 is 26.0 Å². The number of likely N-dealkylation sites (N-methyl/N-ethyl adjacent to an activating group) is 1. The molecule has 0 heterocycles. The maximum atomic E-state index is 12.6. The molecule has 176 valence electrons. The first-order valence-electron chi connectivity index (χ1n) is 9.56. The third-order valence-electron chi connectivity index (χ3n) is 4.14. The van der Waals surface area contributed by atoms with Crippen molar-refractivity contribution < 1.29 is 35.7 Å². The molecule has 1 amide bonds. The van der Waals surface area contributed by atoms with Gasteiger partial charge >= 0.3 is 16.2 Å². The molecule has 0 bridgehead atoms. The van der Waals surface area contributed by atoms with Crippen LogP contribution in [0.15, 0.2) is 58.3 Å². The summed E-state index contributed by atoms with van der Waals surface area (Å²) in [6.07, 6.45) is -0.734. The molecule has 1 atom stereocenters. The SMILES string of the molecule is CN(CC(O)c1ccc(OS(=O)(=O)c2ccccc2S(C)(=O)=O)cc1)C(=O)OC(C)(C)C. The number of amides is 1. The van der Waals surface area contributed by atoms with E-state index < -0.39 is 42.6 Å². The number of carbonyl (C=O) groups excluding carboxylic acids is 1. The highest BCUT2D eigenvalue weighted by Crippen LogP contribution is 2.26. The van der Waals surface area contributed by atoms with Crippen molar-refractivity contribution in [2.75, 3.05) is 19.8 Å². The number of ether oxygens (including phenoxy) is 1. The van der Waals surface area contributed by atoms with Gasteiger partial charge in [-0.05, 0) is 50.6 Å². The molecule has 1 unspecified atom stereocenters. The summed E-state index contributed by atoms with van der Waals surface area (Å²) >= 11 is 0. The lowest BCUT2D eigenvalue weighted by Gasteiger charge is -2.26. The minimum atomic E-state index is -4.42. The van der Waals surface area contributed by atoms with E-state index in [1.165, 1.54) is 54.4 Å². The maximum Gasteiger partial charge on any atom is 0.410 e. The fraction of sp³-hybridized carbons (Fsp3) is 0.381. The second-order valence-electron chi connectivity index (χ2n) is 8.20. The number of rotatable bonds is 7. The van der Waals surface area contributed by atoms with E-state index in [4.69, 9.17) is 8.92 Å². The largest absolute Gasteiger partial charge is 0.444 e. The van der Waals surface area contributed by atoms with Gasteiger partial charge in [-0.25, -0.2) is 13.2 Å². The van der Waals surface area contributed by atoms with Crippen LogP contribution < -0.4 is 4.18 Å². The first-order valence-corrected chi connectivity index (χ1v) is 12.9. The van der Waals surface area contributed by atoms with E-state index in [2.05, 4.69) is 0 Å². The number of aliphatic hydroxyl groups is 1. The van der Waals surface area contributed by atoms with Crippen LogP contribution in [-0.2, 0) is 24.7 Å².